The number of hydrogen-bond donors (Lipinski definition) is 1. The highest BCUT2D eigenvalue weighted by Crippen LogP contribution is 2.41. The van der Waals surface area contributed by atoms with E-state index < -0.39 is 58.0 Å². The van der Waals surface area contributed by atoms with Gasteiger partial charge in [0.2, 0.25) is 10.0 Å². The molecule has 13 heteroatoms. The quantitative estimate of drug-likeness (QED) is 0.391. The lowest BCUT2D eigenvalue weighted by Crippen LogP contribution is -2.40. The zero-order valence-corrected chi connectivity index (χ0v) is 19.7. The molecular formula is C23H22F6N2O4S. The second-order valence-electron chi connectivity index (χ2n) is 8.27. The highest BCUT2D eigenvalue weighted by molar-refractivity contribution is 7.89. The van der Waals surface area contributed by atoms with Crippen LogP contribution in [0.2, 0.25) is 0 Å². The molecular weight excluding hydrogens is 514 g/mol. The molecule has 0 spiro atoms. The van der Waals surface area contributed by atoms with Crippen LogP contribution in [0.1, 0.15) is 30.6 Å². The van der Waals surface area contributed by atoms with Crippen molar-refractivity contribution in [2.24, 2.45) is 0 Å². The summed E-state index contributed by atoms with van der Waals surface area (Å²) in [6.07, 6.45) is -8.79. The van der Waals surface area contributed by atoms with Gasteiger partial charge in [0.1, 0.15) is 16.4 Å². The molecule has 1 unspecified atom stereocenters. The number of hydrogen-bond acceptors (Lipinski definition) is 4. The van der Waals surface area contributed by atoms with Crippen LogP contribution >= 0.6 is 0 Å². The number of nitrogens with zero attached hydrogens (tertiary/aromatic N) is 1. The Morgan fingerprint density at radius 3 is 2.33 bits per heavy atom. The van der Waals surface area contributed by atoms with Gasteiger partial charge < -0.3 is 14.5 Å². The van der Waals surface area contributed by atoms with Gasteiger partial charge in [-0.1, -0.05) is 25.1 Å². The van der Waals surface area contributed by atoms with E-state index in [4.69, 9.17) is 4.74 Å². The maximum absolute atomic E-state index is 13.8. The lowest BCUT2D eigenvalue weighted by Gasteiger charge is -2.34. The van der Waals surface area contributed by atoms with Crippen LogP contribution < -0.4 is 9.47 Å². The number of aromatic nitrogens is 1. The molecule has 36 heavy (non-hydrogen) atoms. The fourth-order valence-corrected chi connectivity index (χ4v) is 6.16. The number of halogens is 6. The van der Waals surface area contributed by atoms with Gasteiger partial charge in [0.15, 0.2) is 13.2 Å². The zero-order chi connectivity index (χ0) is 26.3. The number of H-pyrrole nitrogens is 1. The normalized spacial score (nSPS) is 17.2. The van der Waals surface area contributed by atoms with Crippen LogP contribution in [0.3, 0.4) is 0 Å². The summed E-state index contributed by atoms with van der Waals surface area (Å²) in [6, 6.07) is 9.33. The minimum absolute atomic E-state index is 0.0159. The van der Waals surface area contributed by atoms with E-state index in [9.17, 15) is 34.8 Å². The van der Waals surface area contributed by atoms with Crippen molar-refractivity contribution in [3.05, 3.63) is 53.7 Å². The first-order valence-corrected chi connectivity index (χ1v) is 12.4. The predicted molar refractivity (Wildman–Crippen MR) is 118 cm³/mol. The molecule has 1 aromatic heterocycles. The Labute approximate surface area is 202 Å². The van der Waals surface area contributed by atoms with E-state index in [-0.39, 0.29) is 6.54 Å². The molecule has 0 aliphatic carbocycles. The number of aromatic amines is 1. The van der Waals surface area contributed by atoms with E-state index in [0.29, 0.717) is 18.5 Å². The molecule has 0 saturated carbocycles. The van der Waals surface area contributed by atoms with Crippen LogP contribution in [0.15, 0.2) is 47.4 Å². The Hall–Kier alpha value is -2.93. The fourth-order valence-electron chi connectivity index (χ4n) is 4.34. The summed E-state index contributed by atoms with van der Waals surface area (Å²) in [5.74, 6) is -1.11. The Kier molecular flexibility index (Phi) is 6.90. The zero-order valence-electron chi connectivity index (χ0n) is 18.9. The summed E-state index contributed by atoms with van der Waals surface area (Å²) in [5, 5.41) is 0.944. The average molecular weight is 536 g/mol. The molecule has 1 aliphatic rings. The van der Waals surface area contributed by atoms with Gasteiger partial charge in [0.05, 0.1) is 6.04 Å². The monoisotopic (exact) mass is 536 g/mol. The molecule has 2 heterocycles. The van der Waals surface area contributed by atoms with Gasteiger partial charge in [0, 0.05) is 29.2 Å². The van der Waals surface area contributed by atoms with Crippen molar-refractivity contribution in [1.82, 2.24) is 9.29 Å². The van der Waals surface area contributed by atoms with E-state index in [1.165, 1.54) is 0 Å². The smallest absolute Gasteiger partial charge is 0.422 e. The minimum Gasteiger partial charge on any atom is -0.484 e. The van der Waals surface area contributed by atoms with Crippen LogP contribution in [0.4, 0.5) is 26.3 Å². The van der Waals surface area contributed by atoms with Crippen molar-refractivity contribution in [3.63, 3.8) is 0 Å². The van der Waals surface area contributed by atoms with Crippen molar-refractivity contribution in [3.8, 4) is 11.5 Å². The Bertz CT molecular complexity index is 1350. The first kappa shape index (κ1) is 26.1. The predicted octanol–water partition coefficient (Wildman–Crippen LogP) is 5.75. The van der Waals surface area contributed by atoms with Crippen LogP contribution in [-0.4, -0.2) is 49.8 Å². The number of para-hydroxylation sites is 1. The molecule has 6 nitrogen and oxygen atoms in total. The Morgan fingerprint density at radius 1 is 1.00 bits per heavy atom. The van der Waals surface area contributed by atoms with E-state index >= 15 is 0 Å². The van der Waals surface area contributed by atoms with E-state index in [1.807, 2.05) is 24.3 Å². The summed E-state index contributed by atoms with van der Waals surface area (Å²) in [4.78, 5) is 2.54. The lowest BCUT2D eigenvalue weighted by atomic mass is 9.98. The average Bonchev–Trinajstić information content (AvgIpc) is 3.18. The summed E-state index contributed by atoms with van der Waals surface area (Å²) < 4.78 is 114. The van der Waals surface area contributed by atoms with Crippen molar-refractivity contribution in [1.29, 1.82) is 0 Å². The SMILES string of the molecule is CCC1c2[nH]c3ccccc3c2CCN1S(=O)(=O)c1cc(OCC(F)(F)F)ccc1OCC(F)(F)F. The largest absolute Gasteiger partial charge is 0.484 e. The fraction of sp³-hybridized carbons (Fsp3) is 0.391. The van der Waals surface area contributed by atoms with Gasteiger partial charge in [-0.05, 0) is 36.6 Å². The standard InChI is InChI=1S/C23H22F6N2O4S/c1-2-18-21-16(15-5-3-4-6-17(15)30-21)9-10-31(18)36(32,33)20-11-14(34-12-22(24,25)26)7-8-19(20)35-13-23(27,28)29/h3-8,11,18,30H,2,9-10,12-13H2,1H3. The molecule has 4 rings (SSSR count). The third-order valence-electron chi connectivity index (χ3n) is 5.79. The van der Waals surface area contributed by atoms with Crippen molar-refractivity contribution >= 4 is 20.9 Å². The third kappa shape index (κ3) is 5.41. The van der Waals surface area contributed by atoms with Crippen LogP contribution in [0.25, 0.3) is 10.9 Å². The van der Waals surface area contributed by atoms with E-state index in [2.05, 4.69) is 9.72 Å². The number of alkyl halides is 6. The second kappa shape index (κ2) is 9.51. The first-order chi connectivity index (χ1) is 16.8. The molecule has 2 aromatic carbocycles. The van der Waals surface area contributed by atoms with E-state index in [1.54, 1.807) is 6.92 Å². The van der Waals surface area contributed by atoms with Crippen LogP contribution in [-0.2, 0) is 16.4 Å². The molecule has 0 radical (unpaired) electrons. The number of sulfonamides is 1. The summed E-state index contributed by atoms with van der Waals surface area (Å²) in [6.45, 7) is -1.70. The van der Waals surface area contributed by atoms with Crippen LogP contribution in [0, 0.1) is 0 Å². The molecule has 1 N–H and O–H groups in total. The number of rotatable bonds is 7. The van der Waals surface area contributed by atoms with Crippen molar-refractivity contribution < 1.29 is 44.2 Å². The summed E-state index contributed by atoms with van der Waals surface area (Å²) in [5.41, 5.74) is 2.42. The van der Waals surface area contributed by atoms with Gasteiger partial charge in [-0.2, -0.15) is 30.6 Å². The highest BCUT2D eigenvalue weighted by Gasteiger charge is 2.40. The molecule has 1 aliphatic heterocycles. The van der Waals surface area contributed by atoms with Crippen LogP contribution in [0.5, 0.6) is 11.5 Å². The number of fused-ring (bicyclic) bond motifs is 3. The lowest BCUT2D eigenvalue weighted by molar-refractivity contribution is -0.154. The summed E-state index contributed by atoms with van der Waals surface area (Å²) >= 11 is 0. The van der Waals surface area contributed by atoms with Gasteiger partial charge >= 0.3 is 12.4 Å². The molecule has 196 valence electrons. The minimum atomic E-state index is -4.76. The molecule has 0 saturated heterocycles. The van der Waals surface area contributed by atoms with Gasteiger partial charge in [-0.25, -0.2) is 8.42 Å². The van der Waals surface area contributed by atoms with Crippen molar-refractivity contribution in [2.75, 3.05) is 19.8 Å². The number of nitrogens with one attached hydrogen (secondary N) is 1. The first-order valence-electron chi connectivity index (χ1n) is 10.9. The molecule has 1 atom stereocenters. The highest BCUT2D eigenvalue weighted by atomic mass is 32.2. The number of benzene rings is 2. The summed E-state index contributed by atoms with van der Waals surface area (Å²) in [7, 11) is -4.52. The maximum atomic E-state index is 13.8. The Balaban J connectivity index is 1.75. The number of ether oxygens (including phenoxy) is 2. The van der Waals surface area contributed by atoms with E-state index in [0.717, 1.165) is 39.0 Å². The molecule has 3 aromatic rings. The van der Waals surface area contributed by atoms with Gasteiger partial charge in [0.25, 0.3) is 0 Å². The topological polar surface area (TPSA) is 71.6 Å². The van der Waals surface area contributed by atoms with Gasteiger partial charge in [-0.3, -0.25) is 0 Å². The van der Waals surface area contributed by atoms with Gasteiger partial charge in [-0.15, -0.1) is 0 Å². The third-order valence-corrected chi connectivity index (χ3v) is 7.72. The maximum Gasteiger partial charge on any atom is 0.422 e. The second-order valence-corrected chi connectivity index (χ2v) is 10.1. The molecule has 0 amide bonds. The Morgan fingerprint density at radius 2 is 1.67 bits per heavy atom. The van der Waals surface area contributed by atoms with Crippen molar-refractivity contribution in [2.45, 2.75) is 43.1 Å². The molecule has 0 bridgehead atoms. The molecule has 0 fully saturated rings.